The first-order valence-corrected chi connectivity index (χ1v) is 11.3. The highest BCUT2D eigenvalue weighted by Gasteiger charge is 2.15. The van der Waals surface area contributed by atoms with Gasteiger partial charge in [0.2, 0.25) is 0 Å². The maximum Gasteiger partial charge on any atom is 0.283 e. The normalized spacial score (nSPS) is 11.0. The van der Waals surface area contributed by atoms with E-state index in [0.29, 0.717) is 46.8 Å². The first-order chi connectivity index (χ1) is 15.4. The molecule has 3 N–H and O–H groups in total. The molecule has 1 aromatic heterocycles. The first kappa shape index (κ1) is 23.3. The molecule has 0 aliphatic rings. The fourth-order valence-corrected chi connectivity index (χ4v) is 3.92. The number of ether oxygens (including phenoxy) is 2. The Morgan fingerprint density at radius 1 is 1.16 bits per heavy atom. The minimum atomic E-state index is -0.328. The second kappa shape index (κ2) is 10.8. The number of hydrogen-bond donors (Lipinski definition) is 2. The number of benzene rings is 2. The molecule has 0 aliphatic carbocycles. The van der Waals surface area contributed by atoms with Crippen LogP contribution in [0.5, 0.6) is 11.5 Å². The van der Waals surface area contributed by atoms with Crippen LogP contribution in [-0.2, 0) is 13.0 Å². The van der Waals surface area contributed by atoms with Gasteiger partial charge >= 0.3 is 0 Å². The molecule has 0 bridgehead atoms. The Hall–Kier alpha value is -3.39. The number of carbonyl (C=O) groups is 1. The summed E-state index contributed by atoms with van der Waals surface area (Å²) in [6.45, 7) is 8.93. The Morgan fingerprint density at radius 3 is 2.72 bits per heavy atom. The summed E-state index contributed by atoms with van der Waals surface area (Å²) in [5.41, 5.74) is 13.2. The number of rotatable bonds is 9. The van der Waals surface area contributed by atoms with Crippen molar-refractivity contribution >= 4 is 28.6 Å². The third-order valence-electron chi connectivity index (χ3n) is 4.79. The molecule has 0 radical (unpaired) electrons. The van der Waals surface area contributed by atoms with Gasteiger partial charge in [0.05, 0.1) is 18.5 Å². The predicted molar refractivity (Wildman–Crippen MR) is 129 cm³/mol. The zero-order valence-corrected chi connectivity index (χ0v) is 19.6. The Morgan fingerprint density at radius 2 is 1.97 bits per heavy atom. The minimum Gasteiger partial charge on any atom is -0.490 e. The van der Waals surface area contributed by atoms with E-state index in [1.165, 1.54) is 11.1 Å². The van der Waals surface area contributed by atoms with E-state index in [1.54, 1.807) is 6.21 Å². The Bertz CT molecular complexity index is 1120. The van der Waals surface area contributed by atoms with Crippen molar-refractivity contribution in [2.75, 3.05) is 12.3 Å². The zero-order valence-electron chi connectivity index (χ0n) is 18.8. The third-order valence-corrected chi connectivity index (χ3v) is 5.72. The van der Waals surface area contributed by atoms with Gasteiger partial charge in [0.1, 0.15) is 11.5 Å². The summed E-state index contributed by atoms with van der Waals surface area (Å²) in [7, 11) is 0. The van der Waals surface area contributed by atoms with Gasteiger partial charge in [-0.3, -0.25) is 4.79 Å². The number of hydrogen-bond acceptors (Lipinski definition) is 7. The van der Waals surface area contributed by atoms with Crippen LogP contribution in [0.3, 0.4) is 0 Å². The van der Waals surface area contributed by atoms with Gasteiger partial charge in [0.15, 0.2) is 16.6 Å². The lowest BCUT2D eigenvalue weighted by Gasteiger charge is -2.14. The van der Waals surface area contributed by atoms with E-state index >= 15 is 0 Å². The van der Waals surface area contributed by atoms with Crippen LogP contribution in [-0.4, -0.2) is 23.7 Å². The summed E-state index contributed by atoms with van der Waals surface area (Å²) >= 11 is 1.15. The lowest BCUT2D eigenvalue weighted by Crippen LogP contribution is -2.17. The molecule has 3 aromatic rings. The van der Waals surface area contributed by atoms with Crippen molar-refractivity contribution in [1.29, 1.82) is 0 Å². The number of thiazole rings is 1. The molecule has 1 heterocycles. The van der Waals surface area contributed by atoms with Crippen molar-refractivity contribution in [1.82, 2.24) is 10.4 Å². The molecule has 168 valence electrons. The van der Waals surface area contributed by atoms with E-state index < -0.39 is 0 Å². The van der Waals surface area contributed by atoms with E-state index in [9.17, 15) is 4.79 Å². The minimum absolute atomic E-state index is 0.328. The number of nitrogens with zero attached hydrogens (tertiary/aromatic N) is 2. The van der Waals surface area contributed by atoms with Crippen LogP contribution in [0.25, 0.3) is 0 Å². The molecule has 0 unspecified atom stereocenters. The van der Waals surface area contributed by atoms with E-state index in [4.69, 9.17) is 15.2 Å². The molecular weight excluding hydrogens is 424 g/mol. The zero-order chi connectivity index (χ0) is 23.1. The number of nitrogens with one attached hydrogen (secondary N) is 1. The van der Waals surface area contributed by atoms with E-state index in [1.807, 2.05) is 32.0 Å². The molecule has 2 aromatic carbocycles. The van der Waals surface area contributed by atoms with Crippen molar-refractivity contribution < 1.29 is 14.3 Å². The number of nitrogen functional groups attached to an aromatic ring is 1. The Balaban J connectivity index is 1.69. The van der Waals surface area contributed by atoms with E-state index in [2.05, 4.69) is 47.6 Å². The van der Waals surface area contributed by atoms with Gasteiger partial charge in [0.25, 0.3) is 5.91 Å². The summed E-state index contributed by atoms with van der Waals surface area (Å²) < 4.78 is 11.8. The Labute approximate surface area is 192 Å². The molecule has 0 atom stereocenters. The van der Waals surface area contributed by atoms with Crippen LogP contribution in [0.15, 0.2) is 41.5 Å². The second-order valence-corrected chi connectivity index (χ2v) is 8.27. The van der Waals surface area contributed by atoms with Crippen LogP contribution in [0, 0.1) is 13.8 Å². The molecule has 32 heavy (non-hydrogen) atoms. The van der Waals surface area contributed by atoms with Crippen LogP contribution < -0.4 is 20.6 Å². The summed E-state index contributed by atoms with van der Waals surface area (Å²) in [5, 5.41) is 4.43. The molecular formula is C24H28N4O3S. The van der Waals surface area contributed by atoms with Gasteiger partial charge in [-0.1, -0.05) is 42.0 Å². The molecule has 0 spiro atoms. The molecule has 3 rings (SSSR count). The standard InChI is InChI=1S/C24H28N4O3S/c1-5-19-22(32-24(25)27-19)23(29)28-26-13-17-9-10-20(21(12-17)30-6-2)31-14-18-11-15(3)7-8-16(18)4/h7-13H,5-6,14H2,1-4H3,(H2,25,27)(H,28,29)/b26-13-. The summed E-state index contributed by atoms with van der Waals surface area (Å²) in [4.78, 5) is 17.0. The van der Waals surface area contributed by atoms with Gasteiger partial charge in [-0.2, -0.15) is 5.10 Å². The molecule has 0 saturated carbocycles. The lowest BCUT2D eigenvalue weighted by atomic mass is 10.1. The van der Waals surface area contributed by atoms with Crippen molar-refractivity contribution in [3.8, 4) is 11.5 Å². The highest BCUT2D eigenvalue weighted by Crippen LogP contribution is 2.29. The quantitative estimate of drug-likeness (QED) is 0.364. The number of carbonyl (C=O) groups excluding carboxylic acids is 1. The topological polar surface area (TPSA) is 98.8 Å². The predicted octanol–water partition coefficient (Wildman–Crippen LogP) is 4.65. The molecule has 0 aliphatic heterocycles. The van der Waals surface area contributed by atoms with E-state index in [-0.39, 0.29) is 5.91 Å². The van der Waals surface area contributed by atoms with Crippen molar-refractivity contribution in [2.45, 2.75) is 40.7 Å². The molecule has 0 saturated heterocycles. The van der Waals surface area contributed by atoms with Gasteiger partial charge in [-0.05, 0) is 62.1 Å². The smallest absolute Gasteiger partial charge is 0.283 e. The highest BCUT2D eigenvalue weighted by molar-refractivity contribution is 7.17. The summed E-state index contributed by atoms with van der Waals surface area (Å²) in [6.07, 6.45) is 2.19. The number of hydrazone groups is 1. The van der Waals surface area contributed by atoms with Crippen LogP contribution >= 0.6 is 11.3 Å². The largest absolute Gasteiger partial charge is 0.490 e. The van der Waals surface area contributed by atoms with Gasteiger partial charge in [-0.25, -0.2) is 10.4 Å². The van der Waals surface area contributed by atoms with Crippen molar-refractivity contribution in [2.24, 2.45) is 5.10 Å². The maximum absolute atomic E-state index is 12.4. The number of aryl methyl sites for hydroxylation is 3. The average Bonchev–Trinajstić information content (AvgIpc) is 3.16. The maximum atomic E-state index is 12.4. The molecule has 0 fully saturated rings. The van der Waals surface area contributed by atoms with Crippen LogP contribution in [0.4, 0.5) is 5.13 Å². The third kappa shape index (κ3) is 5.85. The number of nitrogens with two attached hydrogens (primary N) is 1. The van der Waals surface area contributed by atoms with E-state index in [0.717, 1.165) is 22.5 Å². The number of anilines is 1. The molecule has 8 heteroatoms. The number of amides is 1. The summed E-state index contributed by atoms with van der Waals surface area (Å²) in [5.74, 6) is 0.948. The van der Waals surface area contributed by atoms with Gasteiger partial charge < -0.3 is 15.2 Å². The fourth-order valence-electron chi connectivity index (χ4n) is 3.11. The lowest BCUT2D eigenvalue weighted by molar-refractivity contribution is 0.0958. The van der Waals surface area contributed by atoms with Gasteiger partial charge in [-0.15, -0.1) is 0 Å². The van der Waals surface area contributed by atoms with Crippen LogP contribution in [0.1, 0.15) is 51.5 Å². The highest BCUT2D eigenvalue weighted by atomic mass is 32.1. The molecule has 7 nitrogen and oxygen atoms in total. The Kier molecular flexibility index (Phi) is 7.83. The van der Waals surface area contributed by atoms with Crippen LogP contribution in [0.2, 0.25) is 0 Å². The SMILES string of the molecule is CCOc1cc(/C=N\NC(=O)c2sc(N)nc2CC)ccc1OCc1cc(C)ccc1C. The van der Waals surface area contributed by atoms with Gasteiger partial charge in [0, 0.05) is 0 Å². The summed E-state index contributed by atoms with van der Waals surface area (Å²) in [6, 6.07) is 11.8. The van der Waals surface area contributed by atoms with Crippen molar-refractivity contribution in [3.05, 3.63) is 69.2 Å². The first-order valence-electron chi connectivity index (χ1n) is 10.5. The number of aromatic nitrogens is 1. The second-order valence-electron chi connectivity index (χ2n) is 7.24. The van der Waals surface area contributed by atoms with Crippen molar-refractivity contribution in [3.63, 3.8) is 0 Å². The monoisotopic (exact) mass is 452 g/mol. The average molecular weight is 453 g/mol. The fraction of sp³-hybridized carbons (Fsp3) is 0.292. The molecule has 1 amide bonds.